The number of anilines is 1. The zero-order chi connectivity index (χ0) is 21.9. The molecule has 0 radical (unpaired) electrons. The minimum Gasteiger partial charge on any atom is -0.346 e. The Morgan fingerprint density at radius 3 is 2.30 bits per heavy atom. The number of carbonyl (C=O) groups is 1. The minimum atomic E-state index is -3.81. The molecule has 3 aromatic carbocycles. The van der Waals surface area contributed by atoms with Crippen LogP contribution in [0.2, 0.25) is 0 Å². The van der Waals surface area contributed by atoms with E-state index >= 15 is 0 Å². The van der Waals surface area contributed by atoms with E-state index in [1.54, 1.807) is 24.3 Å². The fourth-order valence-corrected chi connectivity index (χ4v) is 4.54. The number of amides is 1. The van der Waals surface area contributed by atoms with Gasteiger partial charge in [0, 0.05) is 5.56 Å². The van der Waals surface area contributed by atoms with Gasteiger partial charge in [0.1, 0.15) is 0 Å². The third-order valence-electron chi connectivity index (χ3n) is 5.04. The summed E-state index contributed by atoms with van der Waals surface area (Å²) in [4.78, 5) is 12.8. The molecule has 0 spiro atoms. The Kier molecular flexibility index (Phi) is 6.27. The van der Waals surface area contributed by atoms with Gasteiger partial charge in [-0.25, -0.2) is 8.42 Å². The van der Waals surface area contributed by atoms with Crippen LogP contribution in [0.5, 0.6) is 0 Å². The van der Waals surface area contributed by atoms with E-state index in [1.807, 2.05) is 52.0 Å². The maximum Gasteiger partial charge on any atom is 0.261 e. The first-order chi connectivity index (χ1) is 14.2. The van der Waals surface area contributed by atoms with E-state index in [9.17, 15) is 13.2 Å². The molecule has 1 atom stereocenters. The highest BCUT2D eigenvalue weighted by Gasteiger charge is 2.19. The second-order valence-corrected chi connectivity index (χ2v) is 9.19. The average Bonchev–Trinajstić information content (AvgIpc) is 2.69. The van der Waals surface area contributed by atoms with Crippen molar-refractivity contribution in [3.05, 3.63) is 94.5 Å². The summed E-state index contributed by atoms with van der Waals surface area (Å²) in [5.74, 6) is -0.324. The first-order valence-electron chi connectivity index (χ1n) is 9.74. The fourth-order valence-electron chi connectivity index (χ4n) is 3.36. The van der Waals surface area contributed by atoms with Crippen LogP contribution in [0.4, 0.5) is 5.69 Å². The third kappa shape index (κ3) is 4.89. The van der Waals surface area contributed by atoms with Crippen molar-refractivity contribution in [1.82, 2.24) is 5.32 Å². The van der Waals surface area contributed by atoms with Crippen LogP contribution in [0, 0.1) is 20.8 Å². The van der Waals surface area contributed by atoms with E-state index in [0.29, 0.717) is 11.3 Å². The quantitative estimate of drug-likeness (QED) is 0.593. The number of aryl methyl sites for hydroxylation is 3. The summed E-state index contributed by atoms with van der Waals surface area (Å²) in [7, 11) is -3.81. The van der Waals surface area contributed by atoms with Gasteiger partial charge in [0.25, 0.3) is 15.9 Å². The van der Waals surface area contributed by atoms with Gasteiger partial charge in [-0.3, -0.25) is 9.52 Å². The molecule has 0 aliphatic carbocycles. The monoisotopic (exact) mass is 422 g/mol. The maximum atomic E-state index is 12.8. The van der Waals surface area contributed by atoms with Gasteiger partial charge in [-0.1, -0.05) is 48.0 Å². The molecular formula is C24H26N2O3S. The summed E-state index contributed by atoms with van der Waals surface area (Å²) in [6, 6.07) is 19.1. The molecule has 0 saturated carbocycles. The predicted octanol–water partition coefficient (Wildman–Crippen LogP) is 4.90. The molecule has 30 heavy (non-hydrogen) atoms. The van der Waals surface area contributed by atoms with Crippen molar-refractivity contribution in [3.63, 3.8) is 0 Å². The Hall–Kier alpha value is -3.12. The molecule has 0 aliphatic heterocycles. The lowest BCUT2D eigenvalue weighted by atomic mass is 10.00. The Morgan fingerprint density at radius 1 is 0.867 bits per heavy atom. The van der Waals surface area contributed by atoms with Crippen LogP contribution in [0.1, 0.15) is 45.6 Å². The Balaban J connectivity index is 1.80. The van der Waals surface area contributed by atoms with E-state index in [1.165, 1.54) is 12.1 Å². The first kappa shape index (κ1) is 21.6. The lowest BCUT2D eigenvalue weighted by Crippen LogP contribution is -2.27. The van der Waals surface area contributed by atoms with Crippen LogP contribution in [0.3, 0.4) is 0 Å². The summed E-state index contributed by atoms with van der Waals surface area (Å²) >= 11 is 0. The smallest absolute Gasteiger partial charge is 0.261 e. The van der Waals surface area contributed by atoms with Crippen molar-refractivity contribution in [2.75, 3.05) is 4.72 Å². The number of rotatable bonds is 6. The number of hydrogen-bond acceptors (Lipinski definition) is 3. The Morgan fingerprint density at radius 2 is 1.60 bits per heavy atom. The summed E-state index contributed by atoms with van der Waals surface area (Å²) in [5.41, 5.74) is 4.90. The molecule has 1 amide bonds. The van der Waals surface area contributed by atoms with Crippen LogP contribution in [0.15, 0.2) is 71.6 Å². The average molecular weight is 423 g/mol. The van der Waals surface area contributed by atoms with Crippen LogP contribution < -0.4 is 10.0 Å². The van der Waals surface area contributed by atoms with E-state index in [4.69, 9.17) is 0 Å². The predicted molar refractivity (Wildman–Crippen MR) is 120 cm³/mol. The van der Waals surface area contributed by atoms with Crippen molar-refractivity contribution < 1.29 is 13.2 Å². The third-order valence-corrected chi connectivity index (χ3v) is 6.40. The summed E-state index contributed by atoms with van der Waals surface area (Å²) in [6.45, 7) is 7.78. The van der Waals surface area contributed by atoms with Gasteiger partial charge in [0.2, 0.25) is 0 Å². The second kappa shape index (κ2) is 8.71. The number of para-hydroxylation sites is 1. The van der Waals surface area contributed by atoms with Gasteiger partial charge in [-0.05, 0) is 68.7 Å². The number of benzene rings is 3. The van der Waals surface area contributed by atoms with Crippen LogP contribution in [-0.4, -0.2) is 14.3 Å². The molecule has 3 aromatic rings. The molecule has 0 heterocycles. The molecule has 1 unspecified atom stereocenters. The highest BCUT2D eigenvalue weighted by molar-refractivity contribution is 7.92. The number of hydrogen-bond donors (Lipinski definition) is 2. The van der Waals surface area contributed by atoms with Gasteiger partial charge in [-0.2, -0.15) is 0 Å². The molecule has 0 bridgehead atoms. The Labute approximate surface area is 178 Å². The summed E-state index contributed by atoms with van der Waals surface area (Å²) < 4.78 is 28.2. The van der Waals surface area contributed by atoms with E-state index in [2.05, 4.69) is 16.1 Å². The molecule has 0 aromatic heterocycles. The van der Waals surface area contributed by atoms with Crippen LogP contribution in [-0.2, 0) is 10.0 Å². The molecule has 0 saturated heterocycles. The van der Waals surface area contributed by atoms with Crippen molar-refractivity contribution >= 4 is 21.6 Å². The molecule has 6 heteroatoms. The molecule has 2 N–H and O–H groups in total. The van der Waals surface area contributed by atoms with Crippen molar-refractivity contribution in [2.45, 2.75) is 38.6 Å². The molecule has 0 aliphatic rings. The highest BCUT2D eigenvalue weighted by atomic mass is 32.2. The van der Waals surface area contributed by atoms with Gasteiger partial charge in [0.05, 0.1) is 16.6 Å². The Bertz CT molecular complexity index is 1190. The second-order valence-electron chi connectivity index (χ2n) is 7.50. The van der Waals surface area contributed by atoms with Crippen molar-refractivity contribution in [3.8, 4) is 0 Å². The topological polar surface area (TPSA) is 75.3 Å². The SMILES string of the molecule is Cc1ccc(C(C)NC(=O)c2cccc(S(=O)(=O)Nc3ccccc3C)c2)c(C)c1. The molecule has 156 valence electrons. The standard InChI is InChI=1S/C24H26N2O3S/c1-16-12-13-22(18(3)14-16)19(4)25-24(27)20-9-7-10-21(15-20)30(28,29)26-23-11-6-5-8-17(23)2/h5-15,19,26H,1-4H3,(H,25,27). The number of nitrogens with one attached hydrogen (secondary N) is 2. The summed E-state index contributed by atoms with van der Waals surface area (Å²) in [6.07, 6.45) is 0. The lowest BCUT2D eigenvalue weighted by molar-refractivity contribution is 0.0939. The minimum absolute atomic E-state index is 0.0394. The van der Waals surface area contributed by atoms with Crippen molar-refractivity contribution in [1.29, 1.82) is 0 Å². The van der Waals surface area contributed by atoms with E-state index in [-0.39, 0.29) is 16.8 Å². The van der Waals surface area contributed by atoms with Gasteiger partial charge in [-0.15, -0.1) is 0 Å². The maximum absolute atomic E-state index is 12.8. The number of carbonyl (C=O) groups excluding carboxylic acids is 1. The van der Waals surface area contributed by atoms with E-state index in [0.717, 1.165) is 22.3 Å². The summed E-state index contributed by atoms with van der Waals surface area (Å²) in [5, 5.41) is 2.96. The van der Waals surface area contributed by atoms with Crippen LogP contribution >= 0.6 is 0 Å². The molecule has 0 fully saturated rings. The zero-order valence-corrected chi connectivity index (χ0v) is 18.4. The van der Waals surface area contributed by atoms with Gasteiger partial charge in [0.15, 0.2) is 0 Å². The largest absolute Gasteiger partial charge is 0.346 e. The first-order valence-corrected chi connectivity index (χ1v) is 11.2. The molecule has 5 nitrogen and oxygen atoms in total. The van der Waals surface area contributed by atoms with Gasteiger partial charge < -0.3 is 5.32 Å². The molecular weight excluding hydrogens is 396 g/mol. The normalized spacial score (nSPS) is 12.3. The lowest BCUT2D eigenvalue weighted by Gasteiger charge is -2.17. The zero-order valence-electron chi connectivity index (χ0n) is 17.6. The van der Waals surface area contributed by atoms with Crippen molar-refractivity contribution in [2.24, 2.45) is 0 Å². The molecule has 3 rings (SSSR count). The highest BCUT2D eigenvalue weighted by Crippen LogP contribution is 2.22. The van der Waals surface area contributed by atoms with E-state index < -0.39 is 10.0 Å². The van der Waals surface area contributed by atoms with Crippen LogP contribution in [0.25, 0.3) is 0 Å². The van der Waals surface area contributed by atoms with Gasteiger partial charge >= 0.3 is 0 Å². The number of sulfonamides is 1. The fraction of sp³-hybridized carbons (Fsp3) is 0.208.